The fraction of sp³-hybridized carbons (Fsp3) is 0.933. The first-order chi connectivity index (χ1) is 9.02. The van der Waals surface area contributed by atoms with Gasteiger partial charge in [-0.25, -0.2) is 0 Å². The van der Waals surface area contributed by atoms with Crippen LogP contribution in [0.15, 0.2) is 0 Å². The molecule has 2 nitrogen and oxygen atoms in total. The zero-order valence-electron chi connectivity index (χ0n) is 13.0. The van der Waals surface area contributed by atoms with Crippen molar-refractivity contribution in [3.05, 3.63) is 0 Å². The van der Waals surface area contributed by atoms with Crippen molar-refractivity contribution < 1.29 is 9.22 Å². The third-order valence-electron chi connectivity index (χ3n) is 3.20. The lowest BCUT2D eigenvalue weighted by atomic mass is 10.1. The molecule has 114 valence electrons. The average Bonchev–Trinajstić information content (AvgIpc) is 2.36. The minimum atomic E-state index is -1.77. The van der Waals surface area contributed by atoms with E-state index in [1.807, 2.05) is 0 Å². The number of hydrogen-bond donors (Lipinski definition) is 0. The van der Waals surface area contributed by atoms with Gasteiger partial charge in [0.15, 0.2) is 0 Å². The third-order valence-corrected chi connectivity index (χ3v) is 8.67. The summed E-state index contributed by atoms with van der Waals surface area (Å²) in [7, 11) is -1.77. The molecule has 0 aromatic heterocycles. The highest BCUT2D eigenvalue weighted by Crippen LogP contribution is 2.13. The van der Waals surface area contributed by atoms with Crippen LogP contribution in [0.1, 0.15) is 71.1 Å². The Morgan fingerprint density at radius 3 is 1.89 bits per heavy atom. The molecular weight excluding hydrogens is 320 g/mol. The number of rotatable bonds is 12. The van der Waals surface area contributed by atoms with Crippen LogP contribution in [0, 0.1) is 0 Å². The van der Waals surface area contributed by atoms with Gasteiger partial charge in [-0.2, -0.15) is 0 Å². The number of carbonyl (C=O) groups excluding carboxylic acids is 1. The zero-order chi connectivity index (χ0) is 14.6. The van der Waals surface area contributed by atoms with Crippen LogP contribution in [0.4, 0.5) is 0 Å². The van der Waals surface area contributed by atoms with E-state index in [9.17, 15) is 4.79 Å². The van der Waals surface area contributed by atoms with Gasteiger partial charge in [-0.3, -0.25) is 4.79 Å². The van der Waals surface area contributed by atoms with Crippen LogP contribution in [0.5, 0.6) is 0 Å². The molecule has 0 saturated carbocycles. The van der Waals surface area contributed by atoms with Crippen molar-refractivity contribution in [1.82, 2.24) is 0 Å². The molecule has 0 aliphatic heterocycles. The summed E-state index contributed by atoms with van der Waals surface area (Å²) >= 11 is 3.41. The molecule has 19 heavy (non-hydrogen) atoms. The number of unbranched alkanes of at least 4 members (excludes halogenated alkanes) is 8. The predicted molar refractivity (Wildman–Crippen MR) is 89.2 cm³/mol. The van der Waals surface area contributed by atoms with Gasteiger partial charge >= 0.3 is 0 Å². The molecule has 4 heteroatoms. The third kappa shape index (κ3) is 12.9. The first-order valence-corrected chi connectivity index (χ1v) is 12.0. The maximum atomic E-state index is 11.6. The van der Waals surface area contributed by atoms with E-state index >= 15 is 0 Å². The highest BCUT2D eigenvalue weighted by Gasteiger charge is 2.24. The lowest BCUT2D eigenvalue weighted by molar-refractivity contribution is -0.135. The lowest BCUT2D eigenvalue weighted by Gasteiger charge is -2.19. The molecule has 0 N–H and O–H groups in total. The molecule has 0 fully saturated rings. The van der Waals surface area contributed by atoms with Crippen molar-refractivity contribution in [2.45, 2.75) is 84.2 Å². The molecule has 0 spiro atoms. The van der Waals surface area contributed by atoms with Crippen LogP contribution in [0.25, 0.3) is 0 Å². The van der Waals surface area contributed by atoms with Gasteiger partial charge in [0.05, 0.1) is 0 Å². The minimum absolute atomic E-state index is 0.000868. The molecule has 0 heterocycles. The molecule has 0 amide bonds. The minimum Gasteiger partial charge on any atom is -0.519 e. The summed E-state index contributed by atoms with van der Waals surface area (Å²) in [4.78, 5) is 12.4. The molecular formula is C15H31BrO2Si. The maximum Gasteiger partial charge on any atom is 0.292 e. The fourth-order valence-electron chi connectivity index (χ4n) is 1.97. The number of hydrogen-bond acceptors (Lipinski definition) is 2. The Kier molecular flexibility index (Phi) is 12.1. The fourth-order valence-corrected chi connectivity index (χ4v) is 3.08. The van der Waals surface area contributed by atoms with Gasteiger partial charge in [0.2, 0.25) is 0 Å². The molecule has 0 bridgehead atoms. The van der Waals surface area contributed by atoms with E-state index in [1.54, 1.807) is 0 Å². The van der Waals surface area contributed by atoms with Crippen LogP contribution in [0.2, 0.25) is 13.1 Å². The maximum absolute atomic E-state index is 11.6. The van der Waals surface area contributed by atoms with Gasteiger partial charge in [0.25, 0.3) is 14.3 Å². The van der Waals surface area contributed by atoms with Gasteiger partial charge in [-0.05, 0) is 19.5 Å². The van der Waals surface area contributed by atoms with E-state index < -0.39 is 8.32 Å². The van der Waals surface area contributed by atoms with E-state index in [0.717, 1.165) is 11.4 Å². The SMILES string of the molecule is CCCCCCCCCCCC(=O)O[Si](C)(C)CBr. The van der Waals surface area contributed by atoms with E-state index in [2.05, 4.69) is 35.9 Å². The van der Waals surface area contributed by atoms with Crippen LogP contribution in [-0.2, 0) is 9.22 Å². The Morgan fingerprint density at radius 1 is 0.947 bits per heavy atom. The second-order valence-corrected chi connectivity index (χ2v) is 11.6. The Balaban J connectivity index is 3.32. The largest absolute Gasteiger partial charge is 0.519 e. The monoisotopic (exact) mass is 350 g/mol. The van der Waals surface area contributed by atoms with Gasteiger partial charge in [0, 0.05) is 11.4 Å². The summed E-state index contributed by atoms with van der Waals surface area (Å²) in [5, 5.41) is 0. The van der Waals surface area contributed by atoms with E-state index in [0.29, 0.717) is 6.42 Å². The quantitative estimate of drug-likeness (QED) is 0.260. The second kappa shape index (κ2) is 11.9. The van der Waals surface area contributed by atoms with Crippen molar-refractivity contribution >= 4 is 30.2 Å². The number of carbonyl (C=O) groups is 1. The van der Waals surface area contributed by atoms with E-state index in [-0.39, 0.29) is 5.97 Å². The summed E-state index contributed by atoms with van der Waals surface area (Å²) < 4.78 is 5.51. The van der Waals surface area contributed by atoms with Gasteiger partial charge in [0.1, 0.15) is 0 Å². The van der Waals surface area contributed by atoms with Crippen LogP contribution >= 0.6 is 15.9 Å². The highest BCUT2D eigenvalue weighted by atomic mass is 79.9. The van der Waals surface area contributed by atoms with Crippen LogP contribution in [0.3, 0.4) is 0 Å². The predicted octanol–water partition coefficient (Wildman–Crippen LogP) is 5.59. The molecule has 0 aromatic rings. The number of halogens is 1. The first kappa shape index (κ1) is 19.2. The molecule has 0 atom stereocenters. The molecule has 0 radical (unpaired) electrons. The summed E-state index contributed by atoms with van der Waals surface area (Å²) in [5.41, 5.74) is 0. The Bertz CT molecular complexity index is 232. The second-order valence-electron chi connectivity index (χ2n) is 5.95. The van der Waals surface area contributed by atoms with Crippen molar-refractivity contribution in [2.24, 2.45) is 0 Å². The standard InChI is InChI=1S/C15H31BrO2Si/c1-4-5-6-7-8-9-10-11-12-13-15(17)18-19(2,3)14-16/h4-14H2,1-3H3. The topological polar surface area (TPSA) is 26.3 Å². The molecule has 0 rings (SSSR count). The van der Waals surface area contributed by atoms with Gasteiger partial charge in [-0.15, -0.1) is 0 Å². The summed E-state index contributed by atoms with van der Waals surface area (Å²) in [6.07, 6.45) is 12.1. The molecule has 0 aliphatic carbocycles. The normalized spacial score (nSPS) is 11.6. The zero-order valence-corrected chi connectivity index (χ0v) is 15.6. The molecule has 0 aliphatic rings. The Morgan fingerprint density at radius 2 is 1.42 bits per heavy atom. The van der Waals surface area contributed by atoms with Crippen molar-refractivity contribution in [3.63, 3.8) is 0 Å². The highest BCUT2D eigenvalue weighted by molar-refractivity contribution is 9.09. The van der Waals surface area contributed by atoms with E-state index in [1.165, 1.54) is 51.4 Å². The molecule has 0 unspecified atom stereocenters. The van der Waals surface area contributed by atoms with Crippen LogP contribution < -0.4 is 0 Å². The van der Waals surface area contributed by atoms with Gasteiger partial charge in [-0.1, -0.05) is 74.2 Å². The van der Waals surface area contributed by atoms with Crippen molar-refractivity contribution in [2.75, 3.05) is 4.95 Å². The van der Waals surface area contributed by atoms with Crippen molar-refractivity contribution in [3.8, 4) is 0 Å². The average molecular weight is 351 g/mol. The van der Waals surface area contributed by atoms with E-state index in [4.69, 9.17) is 4.43 Å². The first-order valence-electron chi connectivity index (χ1n) is 7.79. The smallest absolute Gasteiger partial charge is 0.292 e. The summed E-state index contributed by atoms with van der Waals surface area (Å²) in [6.45, 7) is 6.38. The Labute approximate surface area is 128 Å². The van der Waals surface area contributed by atoms with Crippen molar-refractivity contribution in [1.29, 1.82) is 0 Å². The summed E-state index contributed by atoms with van der Waals surface area (Å²) in [5.74, 6) is -0.000868. The summed E-state index contributed by atoms with van der Waals surface area (Å²) in [6, 6.07) is 0. The van der Waals surface area contributed by atoms with Gasteiger partial charge < -0.3 is 4.43 Å². The Hall–Kier alpha value is 0.167. The van der Waals surface area contributed by atoms with Crippen LogP contribution in [-0.4, -0.2) is 19.2 Å². The number of alkyl halides is 1. The molecule has 0 saturated heterocycles. The molecule has 0 aromatic carbocycles. The lowest BCUT2D eigenvalue weighted by Crippen LogP contribution is -2.35.